The summed E-state index contributed by atoms with van der Waals surface area (Å²) in [6.07, 6.45) is 4.73. The number of fused-ring (bicyclic) bond motifs is 1. The highest BCUT2D eigenvalue weighted by Crippen LogP contribution is 2.13. The van der Waals surface area contributed by atoms with Gasteiger partial charge in [0.1, 0.15) is 11.6 Å². The third kappa shape index (κ3) is 3.95. The van der Waals surface area contributed by atoms with Crippen molar-refractivity contribution in [3.63, 3.8) is 0 Å². The van der Waals surface area contributed by atoms with E-state index in [1.165, 1.54) is 5.56 Å². The Kier molecular flexibility index (Phi) is 5.03. The van der Waals surface area contributed by atoms with Gasteiger partial charge in [-0.1, -0.05) is 6.07 Å². The first-order valence-corrected chi connectivity index (χ1v) is 8.36. The number of pyridine rings is 1. The second-order valence-corrected chi connectivity index (χ2v) is 6.58. The average Bonchev–Trinajstić information content (AvgIpc) is 2.81. The molecule has 0 aromatic carbocycles. The van der Waals surface area contributed by atoms with Crippen molar-refractivity contribution < 1.29 is 0 Å². The molecule has 3 rings (SSSR count). The molecule has 0 radical (unpaired) electrons. The average molecular weight is 314 g/mol. The second kappa shape index (κ2) is 7.19. The molecule has 23 heavy (non-hydrogen) atoms. The maximum atomic E-state index is 4.42. The summed E-state index contributed by atoms with van der Waals surface area (Å²) >= 11 is 0. The van der Waals surface area contributed by atoms with E-state index < -0.39 is 0 Å². The fourth-order valence-corrected chi connectivity index (χ4v) is 2.86. The lowest BCUT2D eigenvalue weighted by Crippen LogP contribution is -2.29. The zero-order chi connectivity index (χ0) is 16.2. The lowest BCUT2D eigenvalue weighted by molar-refractivity contribution is 0.248. The first-order valence-electron chi connectivity index (χ1n) is 8.36. The summed E-state index contributed by atoms with van der Waals surface area (Å²) < 4.78 is 2.31. The van der Waals surface area contributed by atoms with E-state index in [1.807, 2.05) is 18.5 Å². The van der Waals surface area contributed by atoms with Crippen molar-refractivity contribution in [1.82, 2.24) is 29.5 Å². The highest BCUT2D eigenvalue weighted by atomic mass is 15.3. The van der Waals surface area contributed by atoms with Crippen molar-refractivity contribution >= 4 is 0 Å². The Balaban J connectivity index is 1.65. The van der Waals surface area contributed by atoms with Crippen molar-refractivity contribution in [3.05, 3.63) is 41.7 Å². The Morgan fingerprint density at radius 1 is 1.22 bits per heavy atom. The van der Waals surface area contributed by atoms with Gasteiger partial charge in [-0.05, 0) is 32.5 Å². The molecule has 6 heteroatoms. The molecule has 1 aliphatic heterocycles. The van der Waals surface area contributed by atoms with E-state index in [1.54, 1.807) is 0 Å². The molecule has 0 amide bonds. The van der Waals surface area contributed by atoms with E-state index >= 15 is 0 Å². The Morgan fingerprint density at radius 2 is 2.09 bits per heavy atom. The molecule has 3 heterocycles. The van der Waals surface area contributed by atoms with Gasteiger partial charge >= 0.3 is 0 Å². The molecule has 0 spiro atoms. The van der Waals surface area contributed by atoms with Crippen LogP contribution in [0.25, 0.3) is 0 Å². The van der Waals surface area contributed by atoms with E-state index in [0.29, 0.717) is 6.04 Å². The maximum absolute atomic E-state index is 4.42. The van der Waals surface area contributed by atoms with Gasteiger partial charge in [-0.3, -0.25) is 14.8 Å². The molecule has 0 fully saturated rings. The number of hydrogen-bond acceptors (Lipinski definition) is 5. The Morgan fingerprint density at radius 3 is 2.83 bits per heavy atom. The minimum absolute atomic E-state index is 0.510. The first-order chi connectivity index (χ1) is 11.1. The fourth-order valence-electron chi connectivity index (χ4n) is 2.86. The molecule has 0 saturated carbocycles. The van der Waals surface area contributed by atoms with Gasteiger partial charge in [0.2, 0.25) is 0 Å². The van der Waals surface area contributed by atoms with Gasteiger partial charge in [-0.25, -0.2) is 0 Å². The third-order valence-electron chi connectivity index (χ3n) is 4.60. The molecule has 1 aliphatic rings. The van der Waals surface area contributed by atoms with E-state index in [-0.39, 0.29) is 0 Å². The van der Waals surface area contributed by atoms with Gasteiger partial charge in [-0.2, -0.15) is 0 Å². The Labute approximate surface area is 138 Å². The first kappa shape index (κ1) is 16.1. The number of rotatable bonds is 5. The van der Waals surface area contributed by atoms with Crippen molar-refractivity contribution in [2.24, 2.45) is 0 Å². The van der Waals surface area contributed by atoms with Gasteiger partial charge < -0.3 is 4.57 Å². The van der Waals surface area contributed by atoms with Gasteiger partial charge in [-0.15, -0.1) is 10.2 Å². The molecular weight excluding hydrogens is 288 g/mol. The van der Waals surface area contributed by atoms with E-state index in [4.69, 9.17) is 0 Å². The third-order valence-corrected chi connectivity index (χ3v) is 4.60. The number of aromatic nitrogens is 4. The standard InChI is InChI=1S/C17H26N6/c1-14(2)21(3)13-17-20-19-16-6-8-22(9-10-23(16)17)12-15-5-4-7-18-11-15/h4-5,7,11,14H,6,8-10,12-13H2,1-3H3. The summed E-state index contributed by atoms with van der Waals surface area (Å²) in [7, 11) is 2.14. The fraction of sp³-hybridized carbons (Fsp3) is 0.588. The number of hydrogen-bond donors (Lipinski definition) is 0. The summed E-state index contributed by atoms with van der Waals surface area (Å²) in [4.78, 5) is 8.98. The number of nitrogens with zero attached hydrogens (tertiary/aromatic N) is 6. The molecule has 0 N–H and O–H groups in total. The lowest BCUT2D eigenvalue weighted by atomic mass is 10.2. The van der Waals surface area contributed by atoms with Crippen LogP contribution in [0.3, 0.4) is 0 Å². The molecule has 2 aromatic rings. The van der Waals surface area contributed by atoms with Crippen molar-refractivity contribution in [2.75, 3.05) is 20.1 Å². The van der Waals surface area contributed by atoms with Crippen LogP contribution in [0.1, 0.15) is 31.1 Å². The van der Waals surface area contributed by atoms with Crippen LogP contribution in [-0.2, 0) is 26.1 Å². The zero-order valence-electron chi connectivity index (χ0n) is 14.3. The Bertz CT molecular complexity index is 621. The van der Waals surface area contributed by atoms with Crippen molar-refractivity contribution in [1.29, 1.82) is 0 Å². The van der Waals surface area contributed by atoms with Crippen LogP contribution >= 0.6 is 0 Å². The lowest BCUT2D eigenvalue weighted by Gasteiger charge is -2.21. The zero-order valence-corrected chi connectivity index (χ0v) is 14.3. The topological polar surface area (TPSA) is 50.1 Å². The summed E-state index contributed by atoms with van der Waals surface area (Å²) in [5.41, 5.74) is 1.27. The summed E-state index contributed by atoms with van der Waals surface area (Å²) in [5.74, 6) is 2.20. The Hall–Kier alpha value is -1.79. The molecule has 0 aliphatic carbocycles. The van der Waals surface area contributed by atoms with Crippen LogP contribution in [0.15, 0.2) is 24.5 Å². The highest BCUT2D eigenvalue weighted by Gasteiger charge is 2.19. The molecule has 0 bridgehead atoms. The van der Waals surface area contributed by atoms with Crippen molar-refractivity contribution in [3.8, 4) is 0 Å². The predicted octanol–water partition coefficient (Wildman–Crippen LogP) is 1.57. The quantitative estimate of drug-likeness (QED) is 0.838. The molecular formula is C17H26N6. The molecule has 0 atom stereocenters. The minimum Gasteiger partial charge on any atom is -0.313 e. The SMILES string of the molecule is CC(C)N(C)Cc1nnc2n1CCN(Cc1cccnc1)CC2. The smallest absolute Gasteiger partial charge is 0.147 e. The van der Waals surface area contributed by atoms with Crippen LogP contribution in [0.4, 0.5) is 0 Å². The van der Waals surface area contributed by atoms with Gasteiger partial charge in [0.15, 0.2) is 0 Å². The molecule has 124 valence electrons. The van der Waals surface area contributed by atoms with Crippen LogP contribution in [-0.4, -0.2) is 55.7 Å². The molecule has 0 saturated heterocycles. The summed E-state index contributed by atoms with van der Waals surface area (Å²) in [5, 5.41) is 8.83. The normalized spacial score (nSPS) is 15.9. The van der Waals surface area contributed by atoms with Crippen molar-refractivity contribution in [2.45, 2.75) is 45.9 Å². The van der Waals surface area contributed by atoms with Crippen LogP contribution in [0, 0.1) is 0 Å². The van der Waals surface area contributed by atoms with Crippen LogP contribution in [0.5, 0.6) is 0 Å². The predicted molar refractivity (Wildman–Crippen MR) is 89.8 cm³/mol. The van der Waals surface area contributed by atoms with E-state index in [2.05, 4.69) is 56.5 Å². The highest BCUT2D eigenvalue weighted by molar-refractivity contribution is 5.08. The van der Waals surface area contributed by atoms with Gasteiger partial charge in [0.25, 0.3) is 0 Å². The van der Waals surface area contributed by atoms with E-state index in [0.717, 1.165) is 50.8 Å². The monoisotopic (exact) mass is 314 g/mol. The van der Waals surface area contributed by atoms with Gasteiger partial charge in [0, 0.05) is 51.0 Å². The van der Waals surface area contributed by atoms with Crippen LogP contribution < -0.4 is 0 Å². The van der Waals surface area contributed by atoms with E-state index in [9.17, 15) is 0 Å². The summed E-state index contributed by atoms with van der Waals surface area (Å²) in [6.45, 7) is 9.22. The molecule has 6 nitrogen and oxygen atoms in total. The largest absolute Gasteiger partial charge is 0.313 e. The van der Waals surface area contributed by atoms with Gasteiger partial charge in [0.05, 0.1) is 6.54 Å². The molecule has 2 aromatic heterocycles. The molecule has 0 unspecified atom stereocenters. The summed E-state index contributed by atoms with van der Waals surface area (Å²) in [6, 6.07) is 4.65. The minimum atomic E-state index is 0.510. The second-order valence-electron chi connectivity index (χ2n) is 6.58. The maximum Gasteiger partial charge on any atom is 0.147 e. The van der Waals surface area contributed by atoms with Crippen LogP contribution in [0.2, 0.25) is 0 Å².